The number of nitrogens with zero attached hydrogens (tertiary/aromatic N) is 1. The number of rotatable bonds is 4. The molecule has 0 aliphatic carbocycles. The number of hydrogen-bond acceptors (Lipinski definition) is 4. The first-order valence-electron chi connectivity index (χ1n) is 4.70. The summed E-state index contributed by atoms with van der Waals surface area (Å²) < 4.78 is 4.74. The van der Waals surface area contributed by atoms with Gasteiger partial charge in [-0.3, -0.25) is 0 Å². The summed E-state index contributed by atoms with van der Waals surface area (Å²) in [5, 5.41) is 11.6. The number of esters is 1. The van der Waals surface area contributed by atoms with Crippen molar-refractivity contribution in [3.05, 3.63) is 35.9 Å². The third kappa shape index (κ3) is 3.42. The Hall–Kier alpha value is -1.84. The zero-order chi connectivity index (χ0) is 11.1. The van der Waals surface area contributed by atoms with E-state index in [1.807, 2.05) is 30.3 Å². The minimum absolute atomic E-state index is 0.0167. The van der Waals surface area contributed by atoms with Gasteiger partial charge in [-0.15, -0.1) is 0 Å². The molecule has 1 rings (SSSR count). The van der Waals surface area contributed by atoms with Crippen molar-refractivity contribution in [1.82, 2.24) is 0 Å². The lowest BCUT2D eigenvalue weighted by atomic mass is 10.1. The molecule has 0 saturated heterocycles. The average molecular weight is 207 g/mol. The molecule has 15 heavy (non-hydrogen) atoms. The molecule has 1 aromatic rings. The van der Waals surface area contributed by atoms with Crippen molar-refractivity contribution in [1.29, 1.82) is 0 Å². The van der Waals surface area contributed by atoms with Crippen molar-refractivity contribution in [3.63, 3.8) is 0 Å². The highest BCUT2D eigenvalue weighted by molar-refractivity contribution is 6.36. The van der Waals surface area contributed by atoms with Crippen molar-refractivity contribution in [2.24, 2.45) is 5.16 Å². The lowest BCUT2D eigenvalue weighted by Crippen LogP contribution is -2.19. The second kappa shape index (κ2) is 5.80. The summed E-state index contributed by atoms with van der Waals surface area (Å²) in [5.74, 6) is -0.580. The normalized spacial score (nSPS) is 11.1. The fraction of sp³-hybridized carbons (Fsp3) is 0.273. The van der Waals surface area contributed by atoms with E-state index >= 15 is 0 Å². The largest absolute Gasteiger partial charge is 0.461 e. The molecule has 0 saturated carbocycles. The summed E-state index contributed by atoms with van der Waals surface area (Å²) in [6.07, 6.45) is 0.274. The molecule has 1 N–H and O–H groups in total. The zero-order valence-corrected chi connectivity index (χ0v) is 8.51. The van der Waals surface area contributed by atoms with E-state index in [-0.39, 0.29) is 18.7 Å². The van der Waals surface area contributed by atoms with E-state index in [9.17, 15) is 4.79 Å². The Morgan fingerprint density at radius 3 is 2.60 bits per heavy atom. The van der Waals surface area contributed by atoms with Gasteiger partial charge in [0.05, 0.1) is 6.61 Å². The maximum atomic E-state index is 11.3. The van der Waals surface area contributed by atoms with Gasteiger partial charge in [-0.25, -0.2) is 4.79 Å². The van der Waals surface area contributed by atoms with Crippen molar-refractivity contribution < 1.29 is 14.7 Å². The molecule has 4 heteroatoms. The quantitative estimate of drug-likeness (QED) is 0.353. The molecule has 0 unspecified atom stereocenters. The molecule has 0 radical (unpaired) electrons. The standard InChI is InChI=1S/C11H13NO3/c1-2-15-11(13)10(12-14)8-9-6-4-3-5-7-9/h3-7,14H,2,8H2,1H3/b12-10-. The highest BCUT2D eigenvalue weighted by atomic mass is 16.5. The van der Waals surface area contributed by atoms with Crippen molar-refractivity contribution in [3.8, 4) is 0 Å². The Bertz CT molecular complexity index is 346. The summed E-state index contributed by atoms with van der Waals surface area (Å²) in [6.45, 7) is 1.97. The first-order chi connectivity index (χ1) is 7.27. The van der Waals surface area contributed by atoms with E-state index in [4.69, 9.17) is 9.94 Å². The molecular weight excluding hydrogens is 194 g/mol. The van der Waals surface area contributed by atoms with Crippen LogP contribution in [0.15, 0.2) is 35.5 Å². The topological polar surface area (TPSA) is 58.9 Å². The van der Waals surface area contributed by atoms with Gasteiger partial charge in [-0.05, 0) is 12.5 Å². The molecule has 80 valence electrons. The van der Waals surface area contributed by atoms with Crippen LogP contribution in [0.1, 0.15) is 12.5 Å². The molecule has 0 bridgehead atoms. The van der Waals surface area contributed by atoms with Crippen LogP contribution < -0.4 is 0 Å². The number of hydrogen-bond donors (Lipinski definition) is 1. The molecule has 0 aliphatic rings. The van der Waals surface area contributed by atoms with Crippen molar-refractivity contribution in [2.75, 3.05) is 6.61 Å². The number of oxime groups is 1. The van der Waals surface area contributed by atoms with Crippen LogP contribution in [0.5, 0.6) is 0 Å². The van der Waals surface area contributed by atoms with Gasteiger partial charge < -0.3 is 9.94 Å². The third-order valence-corrected chi connectivity index (χ3v) is 1.85. The Morgan fingerprint density at radius 1 is 1.40 bits per heavy atom. The van der Waals surface area contributed by atoms with Crippen molar-refractivity contribution >= 4 is 11.7 Å². The molecule has 0 fully saturated rings. The molecule has 1 aromatic carbocycles. The number of benzene rings is 1. The zero-order valence-electron chi connectivity index (χ0n) is 8.51. The molecule has 0 aromatic heterocycles. The second-order valence-corrected chi connectivity index (χ2v) is 2.93. The molecular formula is C11H13NO3. The molecule has 0 atom stereocenters. The maximum absolute atomic E-state index is 11.3. The van der Waals surface area contributed by atoms with Gasteiger partial charge in [0.15, 0.2) is 5.71 Å². The summed E-state index contributed by atoms with van der Waals surface area (Å²) >= 11 is 0. The predicted octanol–water partition coefficient (Wildman–Crippen LogP) is 1.62. The first kappa shape index (κ1) is 11.2. The van der Waals surface area contributed by atoms with Crippen LogP contribution in [0.4, 0.5) is 0 Å². The van der Waals surface area contributed by atoms with E-state index in [0.29, 0.717) is 0 Å². The lowest BCUT2D eigenvalue weighted by Gasteiger charge is -2.03. The Morgan fingerprint density at radius 2 is 2.07 bits per heavy atom. The van der Waals surface area contributed by atoms with Crippen LogP contribution >= 0.6 is 0 Å². The highest BCUT2D eigenvalue weighted by Gasteiger charge is 2.13. The third-order valence-electron chi connectivity index (χ3n) is 1.85. The minimum atomic E-state index is -0.580. The van der Waals surface area contributed by atoms with Gasteiger partial charge >= 0.3 is 5.97 Å². The molecule has 0 aliphatic heterocycles. The first-order valence-corrected chi connectivity index (χ1v) is 4.70. The number of ether oxygens (including phenoxy) is 1. The van der Waals surface area contributed by atoms with Crippen LogP contribution in [0.2, 0.25) is 0 Å². The predicted molar refractivity (Wildman–Crippen MR) is 56.0 cm³/mol. The van der Waals surface area contributed by atoms with Gasteiger partial charge in [-0.1, -0.05) is 35.5 Å². The Labute approximate surface area is 88.2 Å². The lowest BCUT2D eigenvalue weighted by molar-refractivity contribution is -0.135. The van der Waals surface area contributed by atoms with Gasteiger partial charge in [0, 0.05) is 6.42 Å². The Balaban J connectivity index is 2.67. The van der Waals surface area contributed by atoms with Gasteiger partial charge in [0.1, 0.15) is 0 Å². The van der Waals surface area contributed by atoms with E-state index in [1.54, 1.807) is 6.92 Å². The summed E-state index contributed by atoms with van der Waals surface area (Å²) in [4.78, 5) is 11.3. The molecule has 4 nitrogen and oxygen atoms in total. The van der Waals surface area contributed by atoms with E-state index in [0.717, 1.165) is 5.56 Å². The Kier molecular flexibility index (Phi) is 4.34. The van der Waals surface area contributed by atoms with Crippen LogP contribution in [0, 0.1) is 0 Å². The van der Waals surface area contributed by atoms with Crippen LogP contribution in [0.25, 0.3) is 0 Å². The molecule has 0 spiro atoms. The van der Waals surface area contributed by atoms with Gasteiger partial charge in [0.25, 0.3) is 0 Å². The highest BCUT2D eigenvalue weighted by Crippen LogP contribution is 2.02. The van der Waals surface area contributed by atoms with Crippen LogP contribution in [-0.2, 0) is 16.0 Å². The second-order valence-electron chi connectivity index (χ2n) is 2.93. The van der Waals surface area contributed by atoms with Crippen LogP contribution in [0.3, 0.4) is 0 Å². The summed E-state index contributed by atoms with van der Waals surface area (Å²) in [6, 6.07) is 9.30. The van der Waals surface area contributed by atoms with E-state index in [2.05, 4.69) is 5.16 Å². The minimum Gasteiger partial charge on any atom is -0.461 e. The number of carbonyl (C=O) groups excluding carboxylic acids is 1. The molecule has 0 heterocycles. The average Bonchev–Trinajstić information content (AvgIpc) is 2.27. The fourth-order valence-electron chi connectivity index (χ4n) is 1.15. The van der Waals surface area contributed by atoms with Gasteiger partial charge in [0.2, 0.25) is 0 Å². The van der Waals surface area contributed by atoms with E-state index < -0.39 is 5.97 Å². The summed E-state index contributed by atoms with van der Waals surface area (Å²) in [5.41, 5.74) is 0.918. The monoisotopic (exact) mass is 207 g/mol. The SMILES string of the molecule is CCOC(=O)/C(Cc1ccccc1)=N\O. The summed E-state index contributed by atoms with van der Waals surface area (Å²) in [7, 11) is 0. The molecule has 0 amide bonds. The van der Waals surface area contributed by atoms with Crippen molar-refractivity contribution in [2.45, 2.75) is 13.3 Å². The number of carbonyl (C=O) groups is 1. The maximum Gasteiger partial charge on any atom is 0.356 e. The van der Waals surface area contributed by atoms with Crippen LogP contribution in [-0.4, -0.2) is 23.5 Å². The smallest absolute Gasteiger partial charge is 0.356 e. The van der Waals surface area contributed by atoms with Gasteiger partial charge in [-0.2, -0.15) is 0 Å². The van der Waals surface area contributed by atoms with E-state index in [1.165, 1.54) is 0 Å². The fourth-order valence-corrected chi connectivity index (χ4v) is 1.15.